The maximum atomic E-state index is 9.91. The second-order valence-electron chi connectivity index (χ2n) is 4.62. The Balaban J connectivity index is 2.02. The van der Waals surface area contributed by atoms with Gasteiger partial charge in [-0.05, 0) is 31.0 Å². The highest BCUT2D eigenvalue weighted by Crippen LogP contribution is 2.26. The molecule has 1 unspecified atom stereocenters. The number of benzene rings is 1. The fraction of sp³-hybridized carbons (Fsp3) is 0.375. The molecule has 0 radical (unpaired) electrons. The molecule has 1 atom stereocenters. The Labute approximate surface area is 119 Å². The zero-order valence-corrected chi connectivity index (χ0v) is 12.3. The molecule has 2 rings (SSSR count). The maximum Gasteiger partial charge on any atom is 0.120 e. The number of hydrogen-bond acceptors (Lipinski definition) is 3. The highest BCUT2D eigenvalue weighted by Gasteiger charge is 2.12. The van der Waals surface area contributed by atoms with E-state index in [2.05, 4.69) is 31.3 Å². The second kappa shape index (κ2) is 6.73. The van der Waals surface area contributed by atoms with E-state index in [1.54, 1.807) is 6.07 Å². The van der Waals surface area contributed by atoms with Gasteiger partial charge >= 0.3 is 0 Å². The van der Waals surface area contributed by atoms with Gasteiger partial charge in [-0.15, -0.1) is 11.3 Å². The average molecular weight is 275 g/mol. The number of rotatable bonds is 6. The van der Waals surface area contributed by atoms with Gasteiger partial charge in [0.2, 0.25) is 0 Å². The normalized spacial score (nSPS) is 12.5. The van der Waals surface area contributed by atoms with E-state index in [9.17, 15) is 5.11 Å². The lowest BCUT2D eigenvalue weighted by Gasteiger charge is -2.18. The standard InChI is InChI=1S/C16H21NOS/c1-3-12-9-10-13(19-12)11-17-15(4-2)14-7-5-6-8-16(14)18/h5-10,15,17-18H,3-4,11H2,1-2H3. The molecule has 19 heavy (non-hydrogen) atoms. The quantitative estimate of drug-likeness (QED) is 0.825. The fourth-order valence-electron chi connectivity index (χ4n) is 2.19. The van der Waals surface area contributed by atoms with Gasteiger partial charge in [0.1, 0.15) is 5.75 Å². The van der Waals surface area contributed by atoms with Gasteiger partial charge in [0, 0.05) is 27.9 Å². The van der Waals surface area contributed by atoms with Crippen LogP contribution in [0.15, 0.2) is 36.4 Å². The van der Waals surface area contributed by atoms with Crippen molar-refractivity contribution < 1.29 is 5.11 Å². The molecule has 0 bridgehead atoms. The molecule has 0 fully saturated rings. The Kier molecular flexibility index (Phi) is 5.00. The molecule has 0 aliphatic heterocycles. The summed E-state index contributed by atoms with van der Waals surface area (Å²) in [6.07, 6.45) is 2.06. The summed E-state index contributed by atoms with van der Waals surface area (Å²) in [7, 11) is 0. The van der Waals surface area contributed by atoms with Gasteiger partial charge in [-0.25, -0.2) is 0 Å². The van der Waals surface area contributed by atoms with Crippen LogP contribution in [0.4, 0.5) is 0 Å². The smallest absolute Gasteiger partial charge is 0.120 e. The van der Waals surface area contributed by atoms with Gasteiger partial charge in [-0.2, -0.15) is 0 Å². The molecule has 0 saturated carbocycles. The van der Waals surface area contributed by atoms with Crippen LogP contribution < -0.4 is 5.32 Å². The summed E-state index contributed by atoms with van der Waals surface area (Å²) in [6, 6.07) is 12.2. The van der Waals surface area contributed by atoms with Gasteiger partial charge in [-0.1, -0.05) is 32.0 Å². The molecule has 1 aromatic carbocycles. The molecule has 2 N–H and O–H groups in total. The predicted octanol–water partition coefficient (Wildman–Crippen LogP) is 4.26. The molecule has 0 aliphatic carbocycles. The van der Waals surface area contributed by atoms with Gasteiger partial charge in [0.15, 0.2) is 0 Å². The summed E-state index contributed by atoms with van der Waals surface area (Å²) in [5, 5.41) is 13.4. The third-order valence-corrected chi connectivity index (χ3v) is 4.54. The first-order valence-corrected chi connectivity index (χ1v) is 7.65. The number of nitrogens with one attached hydrogen (secondary N) is 1. The molecule has 2 nitrogen and oxygen atoms in total. The van der Waals surface area contributed by atoms with Crippen molar-refractivity contribution in [1.82, 2.24) is 5.32 Å². The lowest BCUT2D eigenvalue weighted by molar-refractivity contribution is 0.441. The molecule has 0 amide bonds. The summed E-state index contributed by atoms with van der Waals surface area (Å²) in [5.74, 6) is 0.377. The first-order valence-electron chi connectivity index (χ1n) is 6.83. The molecular weight excluding hydrogens is 254 g/mol. The topological polar surface area (TPSA) is 32.3 Å². The SMILES string of the molecule is CCc1ccc(CNC(CC)c2ccccc2O)s1. The van der Waals surface area contributed by atoms with Gasteiger partial charge in [0.25, 0.3) is 0 Å². The lowest BCUT2D eigenvalue weighted by Crippen LogP contribution is -2.19. The molecular formula is C16H21NOS. The van der Waals surface area contributed by atoms with Crippen molar-refractivity contribution in [3.63, 3.8) is 0 Å². The van der Waals surface area contributed by atoms with E-state index in [0.717, 1.165) is 24.9 Å². The van der Waals surface area contributed by atoms with Crippen molar-refractivity contribution in [3.8, 4) is 5.75 Å². The third-order valence-electron chi connectivity index (χ3n) is 3.31. The van der Waals surface area contributed by atoms with E-state index in [0.29, 0.717) is 5.75 Å². The number of thiophene rings is 1. The van der Waals surface area contributed by atoms with Crippen LogP contribution in [-0.2, 0) is 13.0 Å². The van der Waals surface area contributed by atoms with Crippen molar-refractivity contribution in [2.75, 3.05) is 0 Å². The number of hydrogen-bond donors (Lipinski definition) is 2. The van der Waals surface area contributed by atoms with Crippen molar-refractivity contribution in [2.45, 2.75) is 39.3 Å². The molecule has 1 aromatic heterocycles. The van der Waals surface area contributed by atoms with Crippen LogP contribution in [0.1, 0.15) is 41.6 Å². The van der Waals surface area contributed by atoms with Crippen LogP contribution in [0.5, 0.6) is 5.75 Å². The average Bonchev–Trinajstić information content (AvgIpc) is 2.89. The number of para-hydroxylation sites is 1. The summed E-state index contributed by atoms with van der Waals surface area (Å²) in [5.41, 5.74) is 0.984. The summed E-state index contributed by atoms with van der Waals surface area (Å²) >= 11 is 1.86. The highest BCUT2D eigenvalue weighted by molar-refractivity contribution is 7.11. The van der Waals surface area contributed by atoms with Crippen LogP contribution in [0, 0.1) is 0 Å². The van der Waals surface area contributed by atoms with Crippen LogP contribution >= 0.6 is 11.3 Å². The minimum absolute atomic E-state index is 0.202. The zero-order valence-electron chi connectivity index (χ0n) is 11.5. The Bertz CT molecular complexity index is 521. The van der Waals surface area contributed by atoms with E-state index in [1.807, 2.05) is 29.5 Å². The van der Waals surface area contributed by atoms with E-state index >= 15 is 0 Å². The number of aromatic hydroxyl groups is 1. The van der Waals surface area contributed by atoms with E-state index in [4.69, 9.17) is 0 Å². The maximum absolute atomic E-state index is 9.91. The molecule has 0 saturated heterocycles. The molecule has 3 heteroatoms. The predicted molar refractivity (Wildman–Crippen MR) is 81.7 cm³/mol. The third kappa shape index (κ3) is 3.58. The van der Waals surface area contributed by atoms with Crippen LogP contribution in [-0.4, -0.2) is 5.11 Å². The lowest BCUT2D eigenvalue weighted by atomic mass is 10.0. The summed E-state index contributed by atoms with van der Waals surface area (Å²) in [6.45, 7) is 5.17. The van der Waals surface area contributed by atoms with E-state index in [1.165, 1.54) is 9.75 Å². The van der Waals surface area contributed by atoms with Crippen molar-refractivity contribution in [2.24, 2.45) is 0 Å². The monoisotopic (exact) mass is 275 g/mol. The summed E-state index contributed by atoms with van der Waals surface area (Å²) < 4.78 is 0. The minimum Gasteiger partial charge on any atom is -0.508 e. The Morgan fingerprint density at radius 2 is 1.84 bits per heavy atom. The molecule has 102 valence electrons. The number of aryl methyl sites for hydroxylation is 1. The Morgan fingerprint density at radius 1 is 1.11 bits per heavy atom. The van der Waals surface area contributed by atoms with E-state index in [-0.39, 0.29) is 6.04 Å². The van der Waals surface area contributed by atoms with Crippen molar-refractivity contribution in [3.05, 3.63) is 51.7 Å². The van der Waals surface area contributed by atoms with E-state index < -0.39 is 0 Å². The molecule has 0 spiro atoms. The van der Waals surface area contributed by atoms with Gasteiger partial charge in [-0.3, -0.25) is 0 Å². The molecule has 0 aliphatic rings. The molecule has 2 aromatic rings. The molecule has 1 heterocycles. The Morgan fingerprint density at radius 3 is 2.47 bits per heavy atom. The van der Waals surface area contributed by atoms with Crippen LogP contribution in [0.3, 0.4) is 0 Å². The van der Waals surface area contributed by atoms with Crippen LogP contribution in [0.2, 0.25) is 0 Å². The largest absolute Gasteiger partial charge is 0.508 e. The highest BCUT2D eigenvalue weighted by atomic mass is 32.1. The van der Waals surface area contributed by atoms with Crippen molar-refractivity contribution >= 4 is 11.3 Å². The number of phenols is 1. The summed E-state index contributed by atoms with van der Waals surface area (Å²) in [4.78, 5) is 2.78. The van der Waals surface area contributed by atoms with Crippen molar-refractivity contribution in [1.29, 1.82) is 0 Å². The minimum atomic E-state index is 0.202. The first-order chi connectivity index (χ1) is 9.24. The fourth-order valence-corrected chi connectivity index (χ4v) is 3.10. The first kappa shape index (κ1) is 14.1. The van der Waals surface area contributed by atoms with Gasteiger partial charge in [0.05, 0.1) is 0 Å². The zero-order chi connectivity index (χ0) is 13.7. The Hall–Kier alpha value is -1.32. The second-order valence-corrected chi connectivity index (χ2v) is 5.88. The van der Waals surface area contributed by atoms with Crippen LogP contribution in [0.25, 0.3) is 0 Å². The van der Waals surface area contributed by atoms with Gasteiger partial charge < -0.3 is 10.4 Å². The number of phenolic OH excluding ortho intramolecular Hbond substituents is 1.